The fourth-order valence-corrected chi connectivity index (χ4v) is 6.20. The van der Waals surface area contributed by atoms with Gasteiger partial charge in [0.25, 0.3) is 0 Å². The Labute approximate surface area is 181 Å². The first-order chi connectivity index (χ1) is 14.4. The Kier molecular flexibility index (Phi) is 7.02. The largest absolute Gasteiger partial charge is 0.489 e. The molecule has 30 heavy (non-hydrogen) atoms. The summed E-state index contributed by atoms with van der Waals surface area (Å²) in [6.45, 7) is 4.48. The highest BCUT2D eigenvalue weighted by Gasteiger charge is 2.36. The Morgan fingerprint density at radius 1 is 1.13 bits per heavy atom. The highest BCUT2D eigenvalue weighted by atomic mass is 32.2. The van der Waals surface area contributed by atoms with Crippen molar-refractivity contribution in [3.63, 3.8) is 0 Å². The van der Waals surface area contributed by atoms with Gasteiger partial charge in [0, 0.05) is 18.6 Å². The van der Waals surface area contributed by atoms with E-state index in [2.05, 4.69) is 40.8 Å². The number of benzene rings is 1. The van der Waals surface area contributed by atoms with Crippen LogP contribution in [0.2, 0.25) is 0 Å². The van der Waals surface area contributed by atoms with E-state index >= 15 is 0 Å². The smallest absolute Gasteiger partial charge is 0.209 e. The van der Waals surface area contributed by atoms with E-state index in [1.807, 2.05) is 0 Å². The number of nitrogens with zero attached hydrogens (tertiary/aromatic N) is 1. The molecule has 2 bridgehead atoms. The molecule has 7 heteroatoms. The van der Waals surface area contributed by atoms with Crippen molar-refractivity contribution in [1.82, 2.24) is 9.62 Å². The van der Waals surface area contributed by atoms with E-state index in [4.69, 9.17) is 9.47 Å². The van der Waals surface area contributed by atoms with Crippen LogP contribution in [-0.2, 0) is 14.8 Å². The molecule has 0 aromatic heterocycles. The molecule has 1 aliphatic carbocycles. The summed E-state index contributed by atoms with van der Waals surface area (Å²) < 4.78 is 39.8. The average molecular weight is 437 g/mol. The van der Waals surface area contributed by atoms with Gasteiger partial charge >= 0.3 is 0 Å². The normalized spacial score (nSPS) is 33.3. The second-order valence-corrected chi connectivity index (χ2v) is 11.0. The molecular weight excluding hydrogens is 400 g/mol. The monoisotopic (exact) mass is 436 g/mol. The lowest BCUT2D eigenvalue weighted by atomic mass is 9.82. The minimum absolute atomic E-state index is 0.0415. The third-order valence-electron chi connectivity index (χ3n) is 6.98. The van der Waals surface area contributed by atoms with Gasteiger partial charge < -0.3 is 9.47 Å². The van der Waals surface area contributed by atoms with Gasteiger partial charge in [0.15, 0.2) is 0 Å². The van der Waals surface area contributed by atoms with E-state index in [0.717, 1.165) is 63.8 Å². The maximum Gasteiger partial charge on any atom is 0.209 e. The SMILES string of the molecule is CCC1CN2CCC[C@H](NS(C)(=O)=O)[C@@H]2COC2CCC(CC2)c2ccccc2O1. The van der Waals surface area contributed by atoms with Crippen LogP contribution in [0.15, 0.2) is 24.3 Å². The molecule has 3 aliphatic heterocycles. The fourth-order valence-electron chi connectivity index (χ4n) is 5.38. The van der Waals surface area contributed by atoms with Crippen LogP contribution in [0, 0.1) is 0 Å². The minimum atomic E-state index is -3.26. The van der Waals surface area contributed by atoms with Crippen LogP contribution < -0.4 is 9.46 Å². The Morgan fingerprint density at radius 3 is 2.63 bits per heavy atom. The van der Waals surface area contributed by atoms with Crippen molar-refractivity contribution in [2.75, 3.05) is 26.0 Å². The lowest BCUT2D eigenvalue weighted by molar-refractivity contribution is -0.0335. The first-order valence-corrected chi connectivity index (χ1v) is 13.4. The number of fused-ring (bicyclic) bond motifs is 5. The number of sulfonamides is 1. The summed E-state index contributed by atoms with van der Waals surface area (Å²) in [5, 5.41) is 0. The highest BCUT2D eigenvalue weighted by molar-refractivity contribution is 7.88. The van der Waals surface area contributed by atoms with E-state index in [1.165, 1.54) is 11.8 Å². The summed E-state index contributed by atoms with van der Waals surface area (Å²) in [6, 6.07) is 8.45. The quantitative estimate of drug-likeness (QED) is 0.788. The van der Waals surface area contributed by atoms with Crippen LogP contribution >= 0.6 is 0 Å². The van der Waals surface area contributed by atoms with Crippen molar-refractivity contribution in [2.24, 2.45) is 0 Å². The van der Waals surface area contributed by atoms with Crippen LogP contribution in [0.1, 0.15) is 63.4 Å². The lowest BCUT2D eigenvalue weighted by Crippen LogP contribution is -2.59. The van der Waals surface area contributed by atoms with Crippen LogP contribution in [0.25, 0.3) is 0 Å². The van der Waals surface area contributed by atoms with Gasteiger partial charge in [-0.3, -0.25) is 4.90 Å². The molecule has 4 aliphatic rings. The fraction of sp³-hybridized carbons (Fsp3) is 0.739. The van der Waals surface area contributed by atoms with E-state index in [-0.39, 0.29) is 24.3 Å². The van der Waals surface area contributed by atoms with Crippen molar-refractivity contribution in [3.8, 4) is 5.75 Å². The van der Waals surface area contributed by atoms with Gasteiger partial charge in [-0.05, 0) is 69.0 Å². The summed E-state index contributed by atoms with van der Waals surface area (Å²) in [4.78, 5) is 2.40. The Hall–Kier alpha value is -1.15. The second kappa shape index (κ2) is 9.55. The van der Waals surface area contributed by atoms with Crippen molar-refractivity contribution >= 4 is 10.0 Å². The molecule has 6 nitrogen and oxygen atoms in total. The third kappa shape index (κ3) is 5.36. The zero-order valence-corrected chi connectivity index (χ0v) is 19.1. The Balaban J connectivity index is 1.62. The van der Waals surface area contributed by atoms with Gasteiger partial charge in [0.2, 0.25) is 10.0 Å². The van der Waals surface area contributed by atoms with E-state index < -0.39 is 10.0 Å². The second-order valence-electron chi connectivity index (χ2n) is 9.19. The predicted octanol–water partition coefficient (Wildman–Crippen LogP) is 3.28. The summed E-state index contributed by atoms with van der Waals surface area (Å²) in [7, 11) is -3.26. The predicted molar refractivity (Wildman–Crippen MR) is 118 cm³/mol. The number of hydrogen-bond donors (Lipinski definition) is 1. The third-order valence-corrected chi connectivity index (χ3v) is 7.71. The molecule has 0 spiro atoms. The number of ether oxygens (including phenoxy) is 2. The van der Waals surface area contributed by atoms with E-state index in [1.54, 1.807) is 0 Å². The van der Waals surface area contributed by atoms with Crippen LogP contribution in [0.4, 0.5) is 0 Å². The number of rotatable bonds is 3. The molecule has 3 heterocycles. The van der Waals surface area contributed by atoms with Gasteiger partial charge in [-0.15, -0.1) is 0 Å². The Morgan fingerprint density at radius 2 is 1.90 bits per heavy atom. The average Bonchev–Trinajstić information content (AvgIpc) is 2.74. The minimum Gasteiger partial charge on any atom is -0.489 e. The maximum absolute atomic E-state index is 12.0. The molecule has 1 unspecified atom stereocenters. The van der Waals surface area contributed by atoms with Gasteiger partial charge in [0.1, 0.15) is 11.9 Å². The van der Waals surface area contributed by atoms with Crippen LogP contribution in [0.3, 0.4) is 0 Å². The van der Waals surface area contributed by atoms with Gasteiger partial charge in [-0.2, -0.15) is 0 Å². The zero-order chi connectivity index (χ0) is 21.1. The topological polar surface area (TPSA) is 67.9 Å². The zero-order valence-electron chi connectivity index (χ0n) is 18.3. The molecule has 1 saturated heterocycles. The van der Waals surface area contributed by atoms with Crippen molar-refractivity contribution < 1.29 is 17.9 Å². The lowest BCUT2D eigenvalue weighted by Gasteiger charge is -2.43. The van der Waals surface area contributed by atoms with Gasteiger partial charge in [0.05, 0.1) is 19.0 Å². The first-order valence-electron chi connectivity index (χ1n) is 11.5. The molecule has 1 aromatic carbocycles. The van der Waals surface area contributed by atoms with Crippen molar-refractivity contribution in [3.05, 3.63) is 29.8 Å². The molecule has 168 valence electrons. The molecule has 1 aromatic rings. The molecular formula is C23H36N2O4S. The van der Waals surface area contributed by atoms with Crippen LogP contribution in [0.5, 0.6) is 5.75 Å². The van der Waals surface area contributed by atoms with Crippen molar-refractivity contribution in [2.45, 2.75) is 82.1 Å². The summed E-state index contributed by atoms with van der Waals surface area (Å²) >= 11 is 0. The number of piperidine rings is 1. The Bertz CT molecular complexity index is 807. The number of nitrogens with one attached hydrogen (secondary N) is 1. The molecule has 3 atom stereocenters. The standard InChI is InChI=1S/C23H36N2O4S/c1-3-18-15-25-14-6-8-21(24-30(2,26)27)22(25)16-28-19-12-10-17(11-13-19)20-7-4-5-9-23(20)29-18/h4-5,7,9,17-19,21-22,24H,3,6,8,10-16H2,1-2H3/t17?,18?,19?,21-,22-/m0/s1. The van der Waals surface area contributed by atoms with Gasteiger partial charge in [-0.1, -0.05) is 25.1 Å². The molecule has 1 N–H and O–H groups in total. The van der Waals surface area contributed by atoms with E-state index in [9.17, 15) is 8.42 Å². The number of hydrogen-bond acceptors (Lipinski definition) is 5. The van der Waals surface area contributed by atoms with Crippen LogP contribution in [-0.4, -0.2) is 63.6 Å². The molecule has 5 rings (SSSR count). The number of para-hydroxylation sites is 1. The van der Waals surface area contributed by atoms with Crippen molar-refractivity contribution in [1.29, 1.82) is 0 Å². The molecule has 2 fully saturated rings. The summed E-state index contributed by atoms with van der Waals surface area (Å²) in [6.07, 6.45) is 8.65. The molecule has 1 saturated carbocycles. The molecule has 0 radical (unpaired) electrons. The van der Waals surface area contributed by atoms with Gasteiger partial charge in [-0.25, -0.2) is 13.1 Å². The highest BCUT2D eigenvalue weighted by Crippen LogP contribution is 2.39. The van der Waals surface area contributed by atoms with E-state index in [0.29, 0.717) is 12.5 Å². The molecule has 0 amide bonds. The summed E-state index contributed by atoms with van der Waals surface area (Å²) in [5.74, 6) is 1.55. The maximum atomic E-state index is 12.0. The summed E-state index contributed by atoms with van der Waals surface area (Å²) in [5.41, 5.74) is 1.33. The first kappa shape index (κ1) is 22.1.